The van der Waals surface area contributed by atoms with E-state index in [1.54, 1.807) is 30.3 Å². The number of aromatic nitrogens is 3. The van der Waals surface area contributed by atoms with E-state index in [1.807, 2.05) is 13.8 Å². The lowest BCUT2D eigenvalue weighted by Crippen LogP contribution is -2.22. The zero-order valence-electron chi connectivity index (χ0n) is 18.7. The first-order valence-electron chi connectivity index (χ1n) is 10.6. The molecule has 7 nitrogen and oxygen atoms in total. The smallest absolute Gasteiger partial charge is 0.419 e. The lowest BCUT2D eigenvalue weighted by molar-refractivity contribution is -0.139. The van der Waals surface area contributed by atoms with Gasteiger partial charge in [0.05, 0.1) is 16.8 Å². The molecule has 2 aromatic heterocycles. The van der Waals surface area contributed by atoms with Gasteiger partial charge in [0, 0.05) is 35.9 Å². The van der Waals surface area contributed by atoms with Gasteiger partial charge in [0.25, 0.3) is 0 Å². The number of benzene rings is 2. The Morgan fingerprint density at radius 3 is 2.63 bits per heavy atom. The Bertz CT molecular complexity index is 1370. The number of hydrogen-bond acceptors (Lipinski definition) is 5. The van der Waals surface area contributed by atoms with Crippen LogP contribution in [-0.4, -0.2) is 26.6 Å². The van der Waals surface area contributed by atoms with E-state index in [9.17, 15) is 22.4 Å². The van der Waals surface area contributed by atoms with Crippen LogP contribution < -0.4 is 15.4 Å². The minimum Gasteiger partial charge on any atom is -0.439 e. The van der Waals surface area contributed by atoms with Gasteiger partial charge >= 0.3 is 12.2 Å². The van der Waals surface area contributed by atoms with E-state index in [-0.39, 0.29) is 5.69 Å². The summed E-state index contributed by atoms with van der Waals surface area (Å²) in [6.07, 6.45) is -2.00. The monoisotopic (exact) mass is 487 g/mol. The molecule has 0 unspecified atom stereocenters. The molecule has 35 heavy (non-hydrogen) atoms. The zero-order chi connectivity index (χ0) is 25.2. The molecule has 0 saturated heterocycles. The Balaban J connectivity index is 1.50. The fraction of sp³-hybridized carbons (Fsp3) is 0.208. The first kappa shape index (κ1) is 24.1. The quantitative estimate of drug-likeness (QED) is 0.328. The summed E-state index contributed by atoms with van der Waals surface area (Å²) in [4.78, 5) is 21.0. The van der Waals surface area contributed by atoms with E-state index in [4.69, 9.17) is 4.74 Å². The van der Waals surface area contributed by atoms with Gasteiger partial charge in [-0.2, -0.15) is 13.2 Å². The maximum Gasteiger partial charge on any atom is 0.419 e. The first-order valence-corrected chi connectivity index (χ1v) is 10.6. The summed E-state index contributed by atoms with van der Waals surface area (Å²) in [6.45, 7) is 4.62. The third-order valence-corrected chi connectivity index (χ3v) is 5.02. The van der Waals surface area contributed by atoms with Crippen molar-refractivity contribution in [1.82, 2.24) is 19.9 Å². The number of anilines is 1. The number of nitrogens with zero attached hydrogens (tertiary/aromatic N) is 3. The Hall–Kier alpha value is -3.99. The molecule has 1 amide bonds. The summed E-state index contributed by atoms with van der Waals surface area (Å²) in [5, 5.41) is 6.28. The van der Waals surface area contributed by atoms with E-state index >= 15 is 0 Å². The third kappa shape index (κ3) is 5.75. The molecular formula is C24H21F4N5O2. The van der Waals surface area contributed by atoms with Crippen LogP contribution >= 0.6 is 0 Å². The summed E-state index contributed by atoms with van der Waals surface area (Å²) in [7, 11) is 0. The molecule has 0 bridgehead atoms. The standard InChI is InChI=1S/C24H21F4N5O2/c1-14(2)29-12-17-11-22(31-13-30-17)35-18-4-6-21-15(9-18)7-8-33(21)23(34)32-16-3-5-20(25)19(10-16)24(26,27)28/h3-11,13-14,29H,12H2,1-2H3,(H,32,34). The van der Waals surface area contributed by atoms with Crippen molar-refractivity contribution in [3.8, 4) is 11.6 Å². The van der Waals surface area contributed by atoms with Crippen LogP contribution in [0.5, 0.6) is 11.6 Å². The van der Waals surface area contributed by atoms with Gasteiger partial charge in [-0.05, 0) is 42.5 Å². The van der Waals surface area contributed by atoms with Gasteiger partial charge in [-0.15, -0.1) is 0 Å². The lowest BCUT2D eigenvalue weighted by Gasteiger charge is -2.12. The number of alkyl halides is 3. The maximum absolute atomic E-state index is 13.5. The molecular weight excluding hydrogens is 466 g/mol. The van der Waals surface area contributed by atoms with E-state index in [0.717, 1.165) is 11.8 Å². The summed E-state index contributed by atoms with van der Waals surface area (Å²) in [6, 6.07) is 10.2. The van der Waals surface area contributed by atoms with Gasteiger partial charge in [0.1, 0.15) is 17.9 Å². The topological polar surface area (TPSA) is 81.1 Å². The number of carbonyl (C=O) groups excluding carboxylic acids is 1. The van der Waals surface area contributed by atoms with E-state index in [2.05, 4.69) is 20.6 Å². The van der Waals surface area contributed by atoms with Gasteiger partial charge in [-0.3, -0.25) is 4.57 Å². The predicted octanol–water partition coefficient (Wildman–Crippen LogP) is 5.96. The second kappa shape index (κ2) is 9.71. The van der Waals surface area contributed by atoms with Crippen LogP contribution in [0.2, 0.25) is 0 Å². The van der Waals surface area contributed by atoms with Gasteiger partial charge in [-0.1, -0.05) is 13.8 Å². The lowest BCUT2D eigenvalue weighted by atomic mass is 10.2. The summed E-state index contributed by atoms with van der Waals surface area (Å²) in [5.74, 6) is -0.583. The number of ether oxygens (including phenoxy) is 1. The average Bonchev–Trinajstić information content (AvgIpc) is 3.22. The van der Waals surface area contributed by atoms with Gasteiger partial charge < -0.3 is 15.4 Å². The van der Waals surface area contributed by atoms with Crippen molar-refractivity contribution in [3.05, 3.63) is 78.1 Å². The second-order valence-corrected chi connectivity index (χ2v) is 8.01. The fourth-order valence-corrected chi connectivity index (χ4v) is 3.32. The molecule has 182 valence electrons. The first-order chi connectivity index (χ1) is 16.6. The summed E-state index contributed by atoms with van der Waals surface area (Å²) >= 11 is 0. The van der Waals surface area contributed by atoms with Crippen LogP contribution in [0.15, 0.2) is 61.1 Å². The highest BCUT2D eigenvalue weighted by molar-refractivity contribution is 5.98. The Morgan fingerprint density at radius 1 is 1.09 bits per heavy atom. The number of carbonyl (C=O) groups is 1. The minimum atomic E-state index is -4.88. The molecule has 0 atom stereocenters. The van der Waals surface area contributed by atoms with Crippen molar-refractivity contribution in [2.75, 3.05) is 5.32 Å². The summed E-state index contributed by atoms with van der Waals surface area (Å²) in [5.41, 5.74) is -0.376. The largest absolute Gasteiger partial charge is 0.439 e. The van der Waals surface area contributed by atoms with Crippen molar-refractivity contribution in [2.45, 2.75) is 32.6 Å². The van der Waals surface area contributed by atoms with Crippen LogP contribution in [0, 0.1) is 5.82 Å². The zero-order valence-corrected chi connectivity index (χ0v) is 18.7. The van der Waals surface area contributed by atoms with Crippen molar-refractivity contribution in [3.63, 3.8) is 0 Å². The normalized spacial score (nSPS) is 11.7. The Labute approximate surface area is 197 Å². The second-order valence-electron chi connectivity index (χ2n) is 8.01. The minimum absolute atomic E-state index is 0.183. The molecule has 0 fully saturated rings. The summed E-state index contributed by atoms with van der Waals surface area (Å²) < 4.78 is 59.4. The number of amides is 1. The molecule has 0 aliphatic rings. The fourth-order valence-electron chi connectivity index (χ4n) is 3.32. The molecule has 2 heterocycles. The Morgan fingerprint density at radius 2 is 1.89 bits per heavy atom. The van der Waals surface area contributed by atoms with Crippen molar-refractivity contribution >= 4 is 22.6 Å². The van der Waals surface area contributed by atoms with E-state index in [1.165, 1.54) is 17.1 Å². The molecule has 2 aromatic carbocycles. The SMILES string of the molecule is CC(C)NCc1cc(Oc2ccc3c(ccn3C(=O)Nc3ccc(F)c(C(F)(F)F)c3)c2)ncn1. The van der Waals surface area contributed by atoms with Crippen molar-refractivity contribution < 1.29 is 27.1 Å². The third-order valence-electron chi connectivity index (χ3n) is 5.02. The number of halogens is 4. The number of rotatable bonds is 6. The highest BCUT2D eigenvalue weighted by Crippen LogP contribution is 2.33. The molecule has 0 aliphatic carbocycles. The molecule has 2 N–H and O–H groups in total. The molecule has 11 heteroatoms. The number of hydrogen-bond donors (Lipinski definition) is 2. The van der Waals surface area contributed by atoms with Crippen LogP contribution in [-0.2, 0) is 12.7 Å². The highest BCUT2D eigenvalue weighted by atomic mass is 19.4. The molecule has 0 saturated carbocycles. The predicted molar refractivity (Wildman–Crippen MR) is 122 cm³/mol. The molecule has 0 aliphatic heterocycles. The average molecular weight is 487 g/mol. The molecule has 0 spiro atoms. The van der Waals surface area contributed by atoms with Crippen LogP contribution in [0.25, 0.3) is 10.9 Å². The number of nitrogens with one attached hydrogen (secondary N) is 2. The highest BCUT2D eigenvalue weighted by Gasteiger charge is 2.34. The van der Waals surface area contributed by atoms with E-state index in [0.29, 0.717) is 47.3 Å². The Kier molecular flexibility index (Phi) is 6.70. The van der Waals surface area contributed by atoms with E-state index < -0.39 is 23.6 Å². The maximum atomic E-state index is 13.5. The number of fused-ring (bicyclic) bond motifs is 1. The van der Waals surface area contributed by atoms with Crippen molar-refractivity contribution in [2.24, 2.45) is 0 Å². The molecule has 0 radical (unpaired) electrons. The van der Waals surface area contributed by atoms with Crippen LogP contribution in [0.4, 0.5) is 28.0 Å². The molecule has 4 rings (SSSR count). The molecule has 4 aromatic rings. The van der Waals surface area contributed by atoms with Crippen LogP contribution in [0.1, 0.15) is 25.1 Å². The van der Waals surface area contributed by atoms with Crippen molar-refractivity contribution in [1.29, 1.82) is 0 Å². The van der Waals surface area contributed by atoms with Gasteiger partial charge in [0.15, 0.2) is 0 Å². The van der Waals surface area contributed by atoms with Gasteiger partial charge in [0.2, 0.25) is 5.88 Å². The van der Waals surface area contributed by atoms with Gasteiger partial charge in [-0.25, -0.2) is 19.2 Å². The van der Waals surface area contributed by atoms with Crippen LogP contribution in [0.3, 0.4) is 0 Å².